The molecule has 0 bridgehead atoms. The van der Waals surface area contributed by atoms with Gasteiger partial charge in [0.15, 0.2) is 0 Å². The molecule has 1 fully saturated rings. The van der Waals surface area contributed by atoms with Gasteiger partial charge in [-0.15, -0.1) is 0 Å². The monoisotopic (exact) mass is 314 g/mol. The van der Waals surface area contributed by atoms with E-state index < -0.39 is 0 Å². The van der Waals surface area contributed by atoms with Crippen LogP contribution in [0.4, 0.5) is 5.82 Å². The number of carbonyl (C=O) groups excluding carboxylic acids is 1. The minimum absolute atomic E-state index is 0.0847. The third kappa shape index (κ3) is 3.33. The van der Waals surface area contributed by atoms with Gasteiger partial charge in [-0.05, 0) is 37.8 Å². The summed E-state index contributed by atoms with van der Waals surface area (Å²) < 4.78 is 1.84. The van der Waals surface area contributed by atoms with Crippen LogP contribution in [0, 0.1) is 5.92 Å². The van der Waals surface area contributed by atoms with E-state index in [1.807, 2.05) is 36.7 Å². The van der Waals surface area contributed by atoms with Crippen molar-refractivity contribution in [3.63, 3.8) is 0 Å². The van der Waals surface area contributed by atoms with Crippen LogP contribution in [0.25, 0.3) is 0 Å². The lowest BCUT2D eigenvalue weighted by molar-refractivity contribution is 0.0928. The van der Waals surface area contributed by atoms with Crippen molar-refractivity contribution in [2.45, 2.75) is 32.4 Å². The van der Waals surface area contributed by atoms with Gasteiger partial charge in [-0.25, -0.2) is 14.6 Å². The van der Waals surface area contributed by atoms with Crippen molar-refractivity contribution in [2.24, 2.45) is 5.92 Å². The molecular formula is C16H22N6O. The molecule has 0 radical (unpaired) electrons. The summed E-state index contributed by atoms with van der Waals surface area (Å²) in [5, 5.41) is 7.32. The third-order valence-electron chi connectivity index (χ3n) is 4.07. The summed E-state index contributed by atoms with van der Waals surface area (Å²) in [7, 11) is 3.84. The van der Waals surface area contributed by atoms with Gasteiger partial charge >= 0.3 is 0 Å². The van der Waals surface area contributed by atoms with Crippen molar-refractivity contribution in [2.75, 3.05) is 19.0 Å². The van der Waals surface area contributed by atoms with Gasteiger partial charge in [0.25, 0.3) is 5.91 Å². The Morgan fingerprint density at radius 2 is 2.17 bits per heavy atom. The van der Waals surface area contributed by atoms with Crippen LogP contribution in [0.2, 0.25) is 0 Å². The second kappa shape index (κ2) is 6.36. The van der Waals surface area contributed by atoms with Gasteiger partial charge in [-0.1, -0.05) is 0 Å². The Morgan fingerprint density at radius 1 is 1.39 bits per heavy atom. The molecule has 7 heteroatoms. The fourth-order valence-corrected chi connectivity index (χ4v) is 2.59. The highest BCUT2D eigenvalue weighted by Crippen LogP contribution is 2.40. The van der Waals surface area contributed by atoms with E-state index in [2.05, 4.69) is 20.4 Å². The molecule has 0 spiro atoms. The van der Waals surface area contributed by atoms with E-state index in [-0.39, 0.29) is 11.9 Å². The van der Waals surface area contributed by atoms with E-state index >= 15 is 0 Å². The quantitative estimate of drug-likeness (QED) is 0.877. The molecule has 7 nitrogen and oxygen atoms in total. The molecule has 1 aliphatic carbocycles. The van der Waals surface area contributed by atoms with Crippen LogP contribution >= 0.6 is 0 Å². The number of carbonyl (C=O) groups is 1. The topological polar surface area (TPSA) is 75.9 Å². The molecule has 23 heavy (non-hydrogen) atoms. The first-order valence-corrected chi connectivity index (χ1v) is 7.92. The SMILES string of the molecule is CCn1ncnc1[C@@H](NC(=O)c1ccc(N(C)C)nc1)C1CC1. The number of rotatable bonds is 6. The molecule has 1 amide bonds. The van der Waals surface area contributed by atoms with Crippen LogP contribution in [0.5, 0.6) is 0 Å². The average Bonchev–Trinajstić information content (AvgIpc) is 3.29. The Balaban J connectivity index is 1.76. The molecule has 1 N–H and O–H groups in total. The summed E-state index contributed by atoms with van der Waals surface area (Å²) in [6, 6.07) is 3.56. The standard InChI is InChI=1S/C16H22N6O/c1-4-22-15(18-10-19-22)14(11-5-6-11)20-16(23)12-7-8-13(17-9-12)21(2)3/h7-11,14H,4-6H2,1-3H3,(H,20,23)/t14-/m0/s1. The first-order valence-electron chi connectivity index (χ1n) is 7.92. The number of aryl methyl sites for hydroxylation is 1. The van der Waals surface area contributed by atoms with Crippen molar-refractivity contribution in [3.8, 4) is 0 Å². The fourth-order valence-electron chi connectivity index (χ4n) is 2.59. The Kier molecular flexibility index (Phi) is 4.27. The van der Waals surface area contributed by atoms with Crippen molar-refractivity contribution in [1.29, 1.82) is 0 Å². The van der Waals surface area contributed by atoms with E-state index in [4.69, 9.17) is 0 Å². The largest absolute Gasteiger partial charge is 0.363 e. The van der Waals surface area contributed by atoms with Crippen LogP contribution in [0.15, 0.2) is 24.7 Å². The van der Waals surface area contributed by atoms with E-state index in [9.17, 15) is 4.79 Å². The predicted molar refractivity (Wildman–Crippen MR) is 87.2 cm³/mol. The summed E-state index contributed by atoms with van der Waals surface area (Å²) in [4.78, 5) is 23.1. The Labute approximate surface area is 135 Å². The lowest BCUT2D eigenvalue weighted by Gasteiger charge is -2.18. The van der Waals surface area contributed by atoms with Crippen molar-refractivity contribution < 1.29 is 4.79 Å². The molecule has 1 saturated carbocycles. The zero-order valence-corrected chi connectivity index (χ0v) is 13.7. The van der Waals surface area contributed by atoms with Crippen molar-refractivity contribution >= 4 is 11.7 Å². The van der Waals surface area contributed by atoms with Gasteiger partial charge in [0.1, 0.15) is 18.0 Å². The second-order valence-corrected chi connectivity index (χ2v) is 6.02. The normalized spacial score (nSPS) is 15.3. The third-order valence-corrected chi connectivity index (χ3v) is 4.07. The number of hydrogen-bond acceptors (Lipinski definition) is 5. The molecule has 122 valence electrons. The number of aromatic nitrogens is 4. The number of hydrogen-bond donors (Lipinski definition) is 1. The number of pyridine rings is 1. The number of anilines is 1. The van der Waals surface area contributed by atoms with Gasteiger partial charge in [0, 0.05) is 26.8 Å². The summed E-state index contributed by atoms with van der Waals surface area (Å²) in [6.45, 7) is 2.77. The van der Waals surface area contributed by atoms with Gasteiger partial charge in [-0.2, -0.15) is 5.10 Å². The first-order chi connectivity index (χ1) is 11.1. The van der Waals surface area contributed by atoms with Crippen LogP contribution in [-0.4, -0.2) is 39.8 Å². The van der Waals surface area contributed by atoms with E-state index in [0.717, 1.165) is 31.0 Å². The van der Waals surface area contributed by atoms with E-state index in [1.54, 1.807) is 18.6 Å². The lowest BCUT2D eigenvalue weighted by atomic mass is 10.1. The maximum atomic E-state index is 12.5. The van der Waals surface area contributed by atoms with Gasteiger partial charge in [0.05, 0.1) is 11.6 Å². The zero-order chi connectivity index (χ0) is 16.4. The average molecular weight is 314 g/mol. The Hall–Kier alpha value is -2.44. The minimum Gasteiger partial charge on any atom is -0.363 e. The fraction of sp³-hybridized carbons (Fsp3) is 0.500. The maximum Gasteiger partial charge on any atom is 0.253 e. The second-order valence-electron chi connectivity index (χ2n) is 6.02. The smallest absolute Gasteiger partial charge is 0.253 e. The van der Waals surface area contributed by atoms with Crippen molar-refractivity contribution in [1.82, 2.24) is 25.1 Å². The highest BCUT2D eigenvalue weighted by atomic mass is 16.1. The maximum absolute atomic E-state index is 12.5. The zero-order valence-electron chi connectivity index (χ0n) is 13.7. The summed E-state index contributed by atoms with van der Waals surface area (Å²) in [5.74, 6) is 1.99. The summed E-state index contributed by atoms with van der Waals surface area (Å²) >= 11 is 0. The predicted octanol–water partition coefficient (Wildman–Crippen LogP) is 1.64. The molecule has 0 aliphatic heterocycles. The molecule has 3 rings (SSSR count). The van der Waals surface area contributed by atoms with E-state index in [1.165, 1.54) is 0 Å². The molecule has 0 aromatic carbocycles. The molecule has 0 saturated heterocycles. The number of nitrogens with one attached hydrogen (secondary N) is 1. The Morgan fingerprint density at radius 3 is 2.74 bits per heavy atom. The van der Waals surface area contributed by atoms with Crippen molar-refractivity contribution in [3.05, 3.63) is 36.0 Å². The molecule has 0 unspecified atom stereocenters. The van der Waals surface area contributed by atoms with Crippen LogP contribution in [0.3, 0.4) is 0 Å². The number of amides is 1. The highest BCUT2D eigenvalue weighted by Gasteiger charge is 2.36. The highest BCUT2D eigenvalue weighted by molar-refractivity contribution is 5.94. The summed E-state index contributed by atoms with van der Waals surface area (Å²) in [5.41, 5.74) is 0.559. The first kappa shape index (κ1) is 15.5. The molecule has 2 heterocycles. The molecule has 1 aliphatic rings. The minimum atomic E-state index is -0.120. The molecule has 2 aromatic heterocycles. The van der Waals surface area contributed by atoms with E-state index in [0.29, 0.717) is 11.5 Å². The van der Waals surface area contributed by atoms with Crippen LogP contribution in [0.1, 0.15) is 42.0 Å². The van der Waals surface area contributed by atoms with Gasteiger partial charge in [-0.3, -0.25) is 4.79 Å². The molecule has 1 atom stereocenters. The molecule has 2 aromatic rings. The van der Waals surface area contributed by atoms with Gasteiger partial charge in [0.2, 0.25) is 0 Å². The van der Waals surface area contributed by atoms with Gasteiger partial charge < -0.3 is 10.2 Å². The Bertz CT molecular complexity index is 674. The number of nitrogens with zero attached hydrogens (tertiary/aromatic N) is 5. The summed E-state index contributed by atoms with van der Waals surface area (Å²) in [6.07, 6.45) is 5.38. The van der Waals surface area contributed by atoms with Crippen LogP contribution in [-0.2, 0) is 6.54 Å². The lowest BCUT2D eigenvalue weighted by Crippen LogP contribution is -2.32. The van der Waals surface area contributed by atoms with Crippen LogP contribution < -0.4 is 10.2 Å². The molecular weight excluding hydrogens is 292 g/mol.